The second-order valence-corrected chi connectivity index (χ2v) is 6.33. The van der Waals surface area contributed by atoms with Gasteiger partial charge in [-0.15, -0.1) is 0 Å². The van der Waals surface area contributed by atoms with Crippen LogP contribution in [0.4, 0.5) is 5.69 Å². The van der Waals surface area contributed by atoms with Crippen molar-refractivity contribution in [2.45, 2.75) is 6.10 Å². The molecule has 3 aromatic rings. The Labute approximate surface area is 141 Å². The zero-order valence-electron chi connectivity index (χ0n) is 13.6. The lowest BCUT2D eigenvalue weighted by atomic mass is 10.2. The SMILES string of the molecule is OC(CN1CCN(c2ccccc2)CC1)c1cc2ccccc2o1. The van der Waals surface area contributed by atoms with Gasteiger partial charge in [-0.25, -0.2) is 0 Å². The number of hydrogen-bond donors (Lipinski definition) is 1. The number of para-hydroxylation sites is 2. The summed E-state index contributed by atoms with van der Waals surface area (Å²) >= 11 is 0. The van der Waals surface area contributed by atoms with Crippen molar-refractivity contribution in [1.29, 1.82) is 0 Å². The second-order valence-electron chi connectivity index (χ2n) is 6.33. The molecule has 1 atom stereocenters. The molecule has 4 nitrogen and oxygen atoms in total. The van der Waals surface area contributed by atoms with E-state index in [-0.39, 0.29) is 0 Å². The summed E-state index contributed by atoms with van der Waals surface area (Å²) in [5.74, 6) is 0.654. The molecule has 1 N–H and O–H groups in total. The normalized spacial score (nSPS) is 17.3. The van der Waals surface area contributed by atoms with Gasteiger partial charge in [0.25, 0.3) is 0 Å². The van der Waals surface area contributed by atoms with E-state index in [1.807, 2.05) is 36.4 Å². The molecule has 0 saturated carbocycles. The zero-order chi connectivity index (χ0) is 16.4. The molecule has 1 unspecified atom stereocenters. The minimum Gasteiger partial charge on any atom is -0.458 e. The third-order valence-electron chi connectivity index (χ3n) is 4.70. The van der Waals surface area contributed by atoms with Crippen molar-refractivity contribution in [2.75, 3.05) is 37.6 Å². The fourth-order valence-electron chi connectivity index (χ4n) is 3.33. The van der Waals surface area contributed by atoms with Crippen LogP contribution in [-0.2, 0) is 0 Å². The predicted molar refractivity (Wildman–Crippen MR) is 96.3 cm³/mol. The summed E-state index contributed by atoms with van der Waals surface area (Å²) in [6.07, 6.45) is -0.583. The van der Waals surface area contributed by atoms with Crippen molar-refractivity contribution in [2.24, 2.45) is 0 Å². The van der Waals surface area contributed by atoms with Gasteiger partial charge in [0.2, 0.25) is 0 Å². The third kappa shape index (κ3) is 3.16. The van der Waals surface area contributed by atoms with Crippen LogP contribution in [0.3, 0.4) is 0 Å². The number of benzene rings is 2. The van der Waals surface area contributed by atoms with Crippen molar-refractivity contribution in [3.05, 3.63) is 66.4 Å². The lowest BCUT2D eigenvalue weighted by Crippen LogP contribution is -2.47. The Morgan fingerprint density at radius 3 is 2.38 bits per heavy atom. The van der Waals surface area contributed by atoms with Crippen LogP contribution in [0.25, 0.3) is 11.0 Å². The van der Waals surface area contributed by atoms with E-state index in [1.165, 1.54) is 5.69 Å². The van der Waals surface area contributed by atoms with Gasteiger partial charge >= 0.3 is 0 Å². The highest BCUT2D eigenvalue weighted by Crippen LogP contribution is 2.25. The van der Waals surface area contributed by atoms with E-state index in [0.29, 0.717) is 12.3 Å². The molecule has 2 heterocycles. The molecule has 124 valence electrons. The number of aliphatic hydroxyl groups is 1. The number of piperazine rings is 1. The maximum atomic E-state index is 10.5. The average molecular weight is 322 g/mol. The van der Waals surface area contributed by atoms with Crippen molar-refractivity contribution in [1.82, 2.24) is 4.90 Å². The van der Waals surface area contributed by atoms with Crippen LogP contribution < -0.4 is 4.90 Å². The maximum absolute atomic E-state index is 10.5. The van der Waals surface area contributed by atoms with Crippen LogP contribution in [0.5, 0.6) is 0 Å². The number of rotatable bonds is 4. The summed E-state index contributed by atoms with van der Waals surface area (Å²) in [6, 6.07) is 20.3. The van der Waals surface area contributed by atoms with Gasteiger partial charge in [-0.1, -0.05) is 36.4 Å². The number of β-amino-alcohol motifs (C(OH)–C–C–N with tert-alkyl or cyclic N) is 1. The Kier molecular flexibility index (Phi) is 4.24. The van der Waals surface area contributed by atoms with Crippen molar-refractivity contribution < 1.29 is 9.52 Å². The molecule has 2 aromatic carbocycles. The highest BCUT2D eigenvalue weighted by molar-refractivity contribution is 5.77. The number of nitrogens with zero attached hydrogens (tertiary/aromatic N) is 2. The topological polar surface area (TPSA) is 39.9 Å². The molecule has 0 spiro atoms. The van der Waals surface area contributed by atoms with E-state index in [2.05, 4.69) is 34.1 Å². The minimum atomic E-state index is -0.583. The summed E-state index contributed by atoms with van der Waals surface area (Å²) in [4.78, 5) is 4.70. The van der Waals surface area contributed by atoms with Gasteiger partial charge in [0.15, 0.2) is 0 Å². The Morgan fingerprint density at radius 1 is 0.917 bits per heavy atom. The van der Waals surface area contributed by atoms with Gasteiger partial charge in [-0.2, -0.15) is 0 Å². The van der Waals surface area contributed by atoms with Crippen molar-refractivity contribution >= 4 is 16.7 Å². The molecule has 1 saturated heterocycles. The van der Waals surface area contributed by atoms with E-state index < -0.39 is 6.10 Å². The Morgan fingerprint density at radius 2 is 1.62 bits per heavy atom. The van der Waals surface area contributed by atoms with Gasteiger partial charge in [-0.3, -0.25) is 4.90 Å². The lowest BCUT2D eigenvalue weighted by molar-refractivity contribution is 0.0930. The predicted octanol–water partition coefficient (Wildman–Crippen LogP) is 3.29. The van der Waals surface area contributed by atoms with Crippen LogP contribution in [0.1, 0.15) is 11.9 Å². The smallest absolute Gasteiger partial charge is 0.135 e. The molecular weight excluding hydrogens is 300 g/mol. The molecule has 1 fully saturated rings. The Balaban J connectivity index is 1.36. The fourth-order valence-corrected chi connectivity index (χ4v) is 3.33. The molecule has 0 radical (unpaired) electrons. The van der Waals surface area contributed by atoms with Crippen LogP contribution in [0.2, 0.25) is 0 Å². The highest BCUT2D eigenvalue weighted by atomic mass is 16.4. The molecule has 1 aliphatic rings. The molecule has 1 aromatic heterocycles. The van der Waals surface area contributed by atoms with Gasteiger partial charge in [0.1, 0.15) is 17.4 Å². The summed E-state index contributed by atoms with van der Waals surface area (Å²) in [7, 11) is 0. The summed E-state index contributed by atoms with van der Waals surface area (Å²) < 4.78 is 5.77. The van der Waals surface area contributed by atoms with E-state index >= 15 is 0 Å². The first-order valence-electron chi connectivity index (χ1n) is 8.48. The first-order valence-corrected chi connectivity index (χ1v) is 8.48. The van der Waals surface area contributed by atoms with Gasteiger partial charge in [-0.05, 0) is 24.3 Å². The van der Waals surface area contributed by atoms with Crippen LogP contribution in [0.15, 0.2) is 65.1 Å². The molecule has 0 aliphatic carbocycles. The first-order chi connectivity index (χ1) is 11.8. The van der Waals surface area contributed by atoms with Gasteiger partial charge in [0, 0.05) is 43.8 Å². The van der Waals surface area contributed by atoms with E-state index in [4.69, 9.17) is 4.42 Å². The van der Waals surface area contributed by atoms with Crippen LogP contribution in [0, 0.1) is 0 Å². The van der Waals surface area contributed by atoms with Crippen LogP contribution in [-0.4, -0.2) is 42.7 Å². The van der Waals surface area contributed by atoms with Crippen molar-refractivity contribution in [3.63, 3.8) is 0 Å². The Bertz CT molecular complexity index is 759. The monoisotopic (exact) mass is 322 g/mol. The number of aliphatic hydroxyl groups excluding tert-OH is 1. The molecule has 0 bridgehead atoms. The van der Waals surface area contributed by atoms with Gasteiger partial charge in [0.05, 0.1) is 0 Å². The minimum absolute atomic E-state index is 0.583. The zero-order valence-corrected chi connectivity index (χ0v) is 13.6. The molecular formula is C20H22N2O2. The summed E-state index contributed by atoms with van der Waals surface area (Å²) in [5.41, 5.74) is 2.11. The van der Waals surface area contributed by atoms with Crippen LogP contribution >= 0.6 is 0 Å². The van der Waals surface area contributed by atoms with E-state index in [0.717, 1.165) is 37.1 Å². The lowest BCUT2D eigenvalue weighted by Gasteiger charge is -2.36. The fraction of sp³-hybridized carbons (Fsp3) is 0.300. The van der Waals surface area contributed by atoms with Gasteiger partial charge < -0.3 is 14.4 Å². The quantitative estimate of drug-likeness (QED) is 0.800. The molecule has 24 heavy (non-hydrogen) atoms. The van der Waals surface area contributed by atoms with E-state index in [9.17, 15) is 5.11 Å². The maximum Gasteiger partial charge on any atom is 0.135 e. The van der Waals surface area contributed by atoms with E-state index in [1.54, 1.807) is 0 Å². The summed E-state index contributed by atoms with van der Waals surface area (Å²) in [5, 5.41) is 11.5. The number of hydrogen-bond acceptors (Lipinski definition) is 4. The standard InChI is InChI=1S/C20H22N2O2/c23-18(20-14-16-6-4-5-9-19(16)24-20)15-21-10-12-22(13-11-21)17-7-2-1-3-8-17/h1-9,14,18,23H,10-13,15H2. The first kappa shape index (κ1) is 15.2. The molecule has 0 amide bonds. The largest absolute Gasteiger partial charge is 0.458 e. The second kappa shape index (κ2) is 6.67. The Hall–Kier alpha value is -2.30. The molecule has 1 aliphatic heterocycles. The third-order valence-corrected chi connectivity index (χ3v) is 4.70. The summed E-state index contributed by atoms with van der Waals surface area (Å²) in [6.45, 7) is 4.48. The molecule has 4 heteroatoms. The number of fused-ring (bicyclic) bond motifs is 1. The highest BCUT2D eigenvalue weighted by Gasteiger charge is 2.21. The average Bonchev–Trinajstić information content (AvgIpc) is 3.07. The molecule has 4 rings (SSSR count). The van der Waals surface area contributed by atoms with Crippen molar-refractivity contribution in [3.8, 4) is 0 Å². The number of furan rings is 1. The number of anilines is 1.